The molecule has 0 aliphatic carbocycles. The summed E-state index contributed by atoms with van der Waals surface area (Å²) in [5.41, 5.74) is 0. The first-order chi connectivity index (χ1) is 14.1. The fraction of sp³-hybridized carbons (Fsp3) is 0.217. The monoisotopic (exact) mass is 406 g/mol. The molecule has 3 rings (SSSR count). The Morgan fingerprint density at radius 2 is 1.28 bits per heavy atom. The minimum Gasteiger partial charge on any atom is -0.512 e. The van der Waals surface area contributed by atoms with Gasteiger partial charge in [0.1, 0.15) is 12.5 Å². The minimum absolute atomic E-state index is 0.0588. The van der Waals surface area contributed by atoms with E-state index in [2.05, 4.69) is 38.1 Å². The zero-order valence-corrected chi connectivity index (χ0v) is 17.9. The van der Waals surface area contributed by atoms with Gasteiger partial charge in [0, 0.05) is 0 Å². The molecule has 0 unspecified atom stereocenters. The molecule has 3 aromatic rings. The molecule has 0 aliphatic heterocycles. The number of benzene rings is 3. The van der Waals surface area contributed by atoms with Crippen LogP contribution in [0.15, 0.2) is 91.0 Å². The van der Waals surface area contributed by atoms with Gasteiger partial charge in [-0.3, -0.25) is 0 Å². The lowest BCUT2D eigenvalue weighted by molar-refractivity contribution is 0.0700. The quantitative estimate of drug-likeness (QED) is 0.414. The standard InChI is InChI=1S/C23H27BO4Si/c1-20(2)18-29(22-14-8-4-9-15-22,23-16-10-5-11-17-23)27-19-26-24(25)28-21-12-6-3-7-13-21/h3-17,20,25H,18-19H2,1-2H3. The maximum atomic E-state index is 10.1. The topological polar surface area (TPSA) is 47.9 Å². The van der Waals surface area contributed by atoms with Crippen molar-refractivity contribution < 1.29 is 18.8 Å². The second kappa shape index (κ2) is 10.4. The van der Waals surface area contributed by atoms with E-state index in [1.165, 1.54) is 10.4 Å². The van der Waals surface area contributed by atoms with Crippen molar-refractivity contribution in [3.05, 3.63) is 91.0 Å². The summed E-state index contributed by atoms with van der Waals surface area (Å²) in [7, 11) is -3.96. The van der Waals surface area contributed by atoms with Crippen LogP contribution in [0.2, 0.25) is 6.04 Å². The Labute approximate surface area is 174 Å². The first-order valence-electron chi connectivity index (χ1n) is 9.86. The number of para-hydroxylation sites is 1. The molecule has 6 heteroatoms. The summed E-state index contributed by atoms with van der Waals surface area (Å²) in [5, 5.41) is 12.5. The zero-order chi connectivity index (χ0) is 20.5. The van der Waals surface area contributed by atoms with Gasteiger partial charge >= 0.3 is 7.32 Å². The Bertz CT molecular complexity index is 807. The molecule has 0 atom stereocenters. The molecule has 0 amide bonds. The highest BCUT2D eigenvalue weighted by Crippen LogP contribution is 2.19. The van der Waals surface area contributed by atoms with Gasteiger partial charge in [-0.15, -0.1) is 0 Å². The highest BCUT2D eigenvalue weighted by Gasteiger charge is 2.40. The van der Waals surface area contributed by atoms with Crippen molar-refractivity contribution in [2.24, 2.45) is 5.92 Å². The highest BCUT2D eigenvalue weighted by atomic mass is 28.4. The highest BCUT2D eigenvalue weighted by molar-refractivity contribution is 6.97. The van der Waals surface area contributed by atoms with Crippen LogP contribution in [0.1, 0.15) is 13.8 Å². The first kappa shape index (κ1) is 21.3. The molecule has 29 heavy (non-hydrogen) atoms. The van der Waals surface area contributed by atoms with E-state index in [9.17, 15) is 5.02 Å². The fourth-order valence-corrected chi connectivity index (χ4v) is 7.60. The molecule has 0 heterocycles. The van der Waals surface area contributed by atoms with E-state index in [1.807, 2.05) is 54.6 Å². The van der Waals surface area contributed by atoms with Crippen LogP contribution in [-0.2, 0) is 9.08 Å². The van der Waals surface area contributed by atoms with E-state index in [4.69, 9.17) is 13.7 Å². The van der Waals surface area contributed by atoms with Crippen LogP contribution in [0.5, 0.6) is 5.75 Å². The van der Waals surface area contributed by atoms with Crippen LogP contribution < -0.4 is 15.0 Å². The van der Waals surface area contributed by atoms with Crippen molar-refractivity contribution in [1.29, 1.82) is 0 Å². The third-order valence-corrected chi connectivity index (χ3v) is 9.21. The zero-order valence-electron chi connectivity index (χ0n) is 16.9. The Balaban J connectivity index is 1.79. The smallest absolute Gasteiger partial charge is 0.512 e. The molecular formula is C23H27BO4Si. The van der Waals surface area contributed by atoms with E-state index in [-0.39, 0.29) is 6.79 Å². The van der Waals surface area contributed by atoms with Crippen LogP contribution >= 0.6 is 0 Å². The molecule has 3 aromatic carbocycles. The third kappa shape index (κ3) is 5.81. The van der Waals surface area contributed by atoms with E-state index in [1.54, 1.807) is 12.1 Å². The van der Waals surface area contributed by atoms with Crippen LogP contribution in [0, 0.1) is 5.92 Å². The number of hydrogen-bond donors (Lipinski definition) is 1. The van der Waals surface area contributed by atoms with E-state index in [0.717, 1.165) is 6.04 Å². The minimum atomic E-state index is -2.56. The summed E-state index contributed by atoms with van der Waals surface area (Å²) < 4.78 is 17.4. The van der Waals surface area contributed by atoms with Crippen molar-refractivity contribution in [3.63, 3.8) is 0 Å². The predicted molar refractivity (Wildman–Crippen MR) is 120 cm³/mol. The van der Waals surface area contributed by atoms with Crippen LogP contribution in [0.4, 0.5) is 0 Å². The Morgan fingerprint density at radius 3 is 1.76 bits per heavy atom. The Kier molecular flexibility index (Phi) is 7.66. The summed E-state index contributed by atoms with van der Waals surface area (Å²) >= 11 is 0. The second-order valence-corrected chi connectivity index (χ2v) is 10.8. The van der Waals surface area contributed by atoms with Gasteiger partial charge in [0.15, 0.2) is 0 Å². The van der Waals surface area contributed by atoms with Gasteiger partial charge in [-0.2, -0.15) is 0 Å². The molecule has 4 nitrogen and oxygen atoms in total. The van der Waals surface area contributed by atoms with Crippen molar-refractivity contribution in [2.75, 3.05) is 6.79 Å². The average molecular weight is 406 g/mol. The molecule has 1 N–H and O–H groups in total. The van der Waals surface area contributed by atoms with Crippen molar-refractivity contribution >= 4 is 26.0 Å². The maximum Gasteiger partial charge on any atom is 0.712 e. The Hall–Kier alpha value is -2.38. The van der Waals surface area contributed by atoms with Crippen molar-refractivity contribution in [1.82, 2.24) is 0 Å². The largest absolute Gasteiger partial charge is 0.712 e. The van der Waals surface area contributed by atoms with Crippen LogP contribution in [-0.4, -0.2) is 27.5 Å². The third-order valence-electron chi connectivity index (χ3n) is 4.67. The molecule has 0 fully saturated rings. The first-order valence-corrected chi connectivity index (χ1v) is 12.0. The van der Waals surface area contributed by atoms with Crippen molar-refractivity contribution in [3.8, 4) is 5.75 Å². The SMILES string of the molecule is CC(C)C[Si](OCOB(O)Oc1ccccc1)(c1ccccc1)c1ccccc1. The predicted octanol–water partition coefficient (Wildman–Crippen LogP) is 3.45. The summed E-state index contributed by atoms with van der Waals surface area (Å²) in [6.45, 7) is 4.34. The average Bonchev–Trinajstić information content (AvgIpc) is 2.74. The van der Waals surface area contributed by atoms with Gasteiger partial charge in [0.05, 0.1) is 0 Å². The molecule has 0 spiro atoms. The molecule has 150 valence electrons. The molecule has 0 aliphatic rings. The van der Waals surface area contributed by atoms with Gasteiger partial charge in [-0.1, -0.05) is 92.7 Å². The van der Waals surface area contributed by atoms with Crippen molar-refractivity contribution in [2.45, 2.75) is 19.9 Å². The van der Waals surface area contributed by atoms with Crippen LogP contribution in [0.3, 0.4) is 0 Å². The van der Waals surface area contributed by atoms with Crippen LogP contribution in [0.25, 0.3) is 0 Å². The summed E-state index contributed by atoms with van der Waals surface area (Å²) in [6.07, 6.45) is 0. The lowest BCUT2D eigenvalue weighted by Gasteiger charge is -2.34. The molecule has 0 bridgehead atoms. The summed E-state index contributed by atoms with van der Waals surface area (Å²) in [5.74, 6) is 0.976. The van der Waals surface area contributed by atoms with E-state index in [0.29, 0.717) is 11.7 Å². The number of rotatable bonds is 10. The van der Waals surface area contributed by atoms with Gasteiger partial charge in [-0.25, -0.2) is 0 Å². The van der Waals surface area contributed by atoms with Gasteiger partial charge < -0.3 is 18.8 Å². The molecule has 0 radical (unpaired) electrons. The van der Waals surface area contributed by atoms with Gasteiger partial charge in [0.25, 0.3) is 8.32 Å². The second-order valence-electron chi connectivity index (χ2n) is 7.32. The Morgan fingerprint density at radius 1 is 0.793 bits per heavy atom. The molecule has 0 saturated heterocycles. The summed E-state index contributed by atoms with van der Waals surface area (Å²) in [6, 6.07) is 30.7. The lowest BCUT2D eigenvalue weighted by Crippen LogP contribution is -2.61. The van der Waals surface area contributed by atoms with Gasteiger partial charge in [0.2, 0.25) is 0 Å². The summed E-state index contributed by atoms with van der Waals surface area (Å²) in [4.78, 5) is 0. The van der Waals surface area contributed by atoms with Gasteiger partial charge in [-0.05, 0) is 34.5 Å². The number of hydrogen-bond acceptors (Lipinski definition) is 4. The molecular weight excluding hydrogens is 379 g/mol. The maximum absolute atomic E-state index is 10.1. The molecule has 0 aromatic heterocycles. The van der Waals surface area contributed by atoms with E-state index < -0.39 is 15.6 Å². The normalized spacial score (nSPS) is 11.4. The lowest BCUT2D eigenvalue weighted by atomic mass is 10.2. The fourth-order valence-electron chi connectivity index (χ4n) is 3.46. The molecule has 0 saturated carbocycles. The van der Waals surface area contributed by atoms with E-state index >= 15 is 0 Å².